The van der Waals surface area contributed by atoms with Crippen molar-refractivity contribution in [1.29, 1.82) is 0 Å². The fourth-order valence-electron chi connectivity index (χ4n) is 2.56. The molecular weight excluding hydrogens is 260 g/mol. The normalized spacial score (nSPS) is 10.6. The molecule has 2 nitrogen and oxygen atoms in total. The minimum absolute atomic E-state index is 0.00344. The maximum atomic E-state index is 12.2. The van der Waals surface area contributed by atoms with Crippen LogP contribution in [0, 0.1) is 13.8 Å². The molecule has 0 fully saturated rings. The highest BCUT2D eigenvalue weighted by Gasteiger charge is 2.09. The molecule has 0 aliphatic heterocycles. The molecule has 104 valence electrons. The molecule has 1 aromatic heterocycles. The first-order valence-electron chi connectivity index (χ1n) is 6.92. The lowest BCUT2D eigenvalue weighted by atomic mass is 10.00. The van der Waals surface area contributed by atoms with Crippen molar-refractivity contribution in [3.8, 4) is 22.3 Å². The van der Waals surface area contributed by atoms with Crippen LogP contribution < -0.4 is 5.43 Å². The first-order valence-corrected chi connectivity index (χ1v) is 6.92. The largest absolute Gasteiger partial charge is 0.466 e. The molecule has 0 aliphatic rings. The Balaban J connectivity index is 2.05. The first-order chi connectivity index (χ1) is 10.1. The van der Waals surface area contributed by atoms with Crippen LogP contribution in [0.1, 0.15) is 11.5 Å². The van der Waals surface area contributed by atoms with Gasteiger partial charge in [0.15, 0.2) is 5.43 Å². The van der Waals surface area contributed by atoms with E-state index in [2.05, 4.69) is 12.1 Å². The van der Waals surface area contributed by atoms with Crippen LogP contribution in [-0.4, -0.2) is 0 Å². The molecule has 0 aliphatic carbocycles. The summed E-state index contributed by atoms with van der Waals surface area (Å²) >= 11 is 0. The molecule has 0 atom stereocenters. The summed E-state index contributed by atoms with van der Waals surface area (Å²) in [5.74, 6) is 1.30. The molecule has 0 bridgehead atoms. The summed E-state index contributed by atoms with van der Waals surface area (Å²) in [5.41, 5.74) is 3.83. The second-order valence-corrected chi connectivity index (χ2v) is 5.10. The molecule has 0 unspecified atom stereocenters. The smallest absolute Gasteiger partial charge is 0.193 e. The minimum Gasteiger partial charge on any atom is -0.466 e. The van der Waals surface area contributed by atoms with Crippen molar-refractivity contribution < 1.29 is 4.42 Å². The standard InChI is InChI=1S/C19H16O2/c1-13-12-18(20)19(14(2)21-13)17-10-8-16(9-11-17)15-6-4-3-5-7-15/h3-12H,1-2H3. The summed E-state index contributed by atoms with van der Waals surface area (Å²) in [6.45, 7) is 3.62. The molecular formula is C19H16O2. The Morgan fingerprint density at radius 2 is 1.33 bits per heavy atom. The van der Waals surface area contributed by atoms with Crippen LogP contribution in [0.4, 0.5) is 0 Å². The van der Waals surface area contributed by atoms with Crippen LogP contribution in [0.5, 0.6) is 0 Å². The molecule has 0 saturated carbocycles. The molecule has 3 aromatic rings. The van der Waals surface area contributed by atoms with E-state index in [4.69, 9.17) is 4.42 Å². The van der Waals surface area contributed by atoms with Gasteiger partial charge in [0.2, 0.25) is 0 Å². The number of hydrogen-bond acceptors (Lipinski definition) is 2. The predicted octanol–water partition coefficient (Wildman–Crippen LogP) is 4.59. The zero-order chi connectivity index (χ0) is 14.8. The molecule has 2 heteroatoms. The van der Waals surface area contributed by atoms with Gasteiger partial charge in [-0.05, 0) is 30.5 Å². The third-order valence-electron chi connectivity index (χ3n) is 3.53. The molecule has 21 heavy (non-hydrogen) atoms. The zero-order valence-electron chi connectivity index (χ0n) is 12.1. The molecule has 0 saturated heterocycles. The second-order valence-electron chi connectivity index (χ2n) is 5.10. The Morgan fingerprint density at radius 3 is 1.95 bits per heavy atom. The molecule has 1 heterocycles. The van der Waals surface area contributed by atoms with Gasteiger partial charge in [0, 0.05) is 6.07 Å². The van der Waals surface area contributed by atoms with E-state index >= 15 is 0 Å². The van der Waals surface area contributed by atoms with E-state index in [0.29, 0.717) is 17.1 Å². The fourth-order valence-corrected chi connectivity index (χ4v) is 2.56. The highest BCUT2D eigenvalue weighted by Crippen LogP contribution is 2.25. The molecule has 0 N–H and O–H groups in total. The number of benzene rings is 2. The lowest BCUT2D eigenvalue weighted by molar-refractivity contribution is 0.486. The monoisotopic (exact) mass is 276 g/mol. The van der Waals surface area contributed by atoms with Crippen LogP contribution >= 0.6 is 0 Å². The maximum Gasteiger partial charge on any atom is 0.193 e. The minimum atomic E-state index is 0.00344. The van der Waals surface area contributed by atoms with E-state index in [1.54, 1.807) is 6.92 Å². The van der Waals surface area contributed by atoms with Crippen LogP contribution in [0.25, 0.3) is 22.3 Å². The molecule has 3 rings (SSSR count). The molecule has 2 aromatic carbocycles. The number of aryl methyl sites for hydroxylation is 2. The lowest BCUT2D eigenvalue weighted by Gasteiger charge is -2.07. The van der Waals surface area contributed by atoms with E-state index < -0.39 is 0 Å². The van der Waals surface area contributed by atoms with Crippen LogP contribution in [0.3, 0.4) is 0 Å². The molecule has 0 spiro atoms. The van der Waals surface area contributed by atoms with Crippen LogP contribution in [0.2, 0.25) is 0 Å². The van der Waals surface area contributed by atoms with Crippen molar-refractivity contribution in [2.75, 3.05) is 0 Å². The average molecular weight is 276 g/mol. The van der Waals surface area contributed by atoms with Gasteiger partial charge in [-0.25, -0.2) is 0 Å². The van der Waals surface area contributed by atoms with Gasteiger partial charge >= 0.3 is 0 Å². The van der Waals surface area contributed by atoms with Gasteiger partial charge in [0.1, 0.15) is 11.5 Å². The van der Waals surface area contributed by atoms with Crippen LogP contribution in [0.15, 0.2) is 69.9 Å². The average Bonchev–Trinajstić information content (AvgIpc) is 2.48. The van der Waals surface area contributed by atoms with Crippen molar-refractivity contribution >= 4 is 0 Å². The van der Waals surface area contributed by atoms with E-state index in [1.807, 2.05) is 49.4 Å². The topological polar surface area (TPSA) is 30.2 Å². The lowest BCUT2D eigenvalue weighted by Crippen LogP contribution is -2.06. The summed E-state index contributed by atoms with van der Waals surface area (Å²) in [4.78, 5) is 12.2. The summed E-state index contributed by atoms with van der Waals surface area (Å²) in [6.07, 6.45) is 0. The van der Waals surface area contributed by atoms with Crippen LogP contribution in [-0.2, 0) is 0 Å². The van der Waals surface area contributed by atoms with E-state index in [0.717, 1.165) is 16.7 Å². The van der Waals surface area contributed by atoms with Gasteiger partial charge in [0.25, 0.3) is 0 Å². The predicted molar refractivity (Wildman–Crippen MR) is 85.3 cm³/mol. The molecule has 0 radical (unpaired) electrons. The van der Waals surface area contributed by atoms with Crippen molar-refractivity contribution in [2.45, 2.75) is 13.8 Å². The number of hydrogen-bond donors (Lipinski definition) is 0. The Hall–Kier alpha value is -2.61. The Kier molecular flexibility index (Phi) is 3.44. The second kappa shape index (κ2) is 5.41. The third-order valence-corrected chi connectivity index (χ3v) is 3.53. The van der Waals surface area contributed by atoms with Gasteiger partial charge in [-0.3, -0.25) is 4.79 Å². The Labute approximate surface area is 123 Å². The maximum absolute atomic E-state index is 12.2. The Bertz CT molecular complexity index is 812. The fraction of sp³-hybridized carbons (Fsp3) is 0.105. The van der Waals surface area contributed by atoms with Crippen molar-refractivity contribution in [3.05, 3.63) is 82.4 Å². The van der Waals surface area contributed by atoms with Gasteiger partial charge in [0.05, 0.1) is 5.56 Å². The van der Waals surface area contributed by atoms with E-state index in [-0.39, 0.29) is 5.43 Å². The van der Waals surface area contributed by atoms with Gasteiger partial charge in [-0.15, -0.1) is 0 Å². The van der Waals surface area contributed by atoms with Gasteiger partial charge in [-0.2, -0.15) is 0 Å². The Morgan fingerprint density at radius 1 is 0.762 bits per heavy atom. The van der Waals surface area contributed by atoms with Gasteiger partial charge < -0.3 is 4.42 Å². The van der Waals surface area contributed by atoms with Crippen molar-refractivity contribution in [1.82, 2.24) is 0 Å². The highest BCUT2D eigenvalue weighted by atomic mass is 16.3. The number of rotatable bonds is 2. The summed E-state index contributed by atoms with van der Waals surface area (Å²) < 4.78 is 5.56. The summed E-state index contributed by atoms with van der Waals surface area (Å²) in [5, 5.41) is 0. The quantitative estimate of drug-likeness (QED) is 0.685. The SMILES string of the molecule is Cc1cc(=O)c(-c2ccc(-c3ccccc3)cc2)c(C)o1. The van der Waals surface area contributed by atoms with Crippen molar-refractivity contribution in [2.24, 2.45) is 0 Å². The first kappa shape index (κ1) is 13.4. The van der Waals surface area contributed by atoms with E-state index in [1.165, 1.54) is 6.07 Å². The highest BCUT2D eigenvalue weighted by molar-refractivity contribution is 5.71. The van der Waals surface area contributed by atoms with Crippen molar-refractivity contribution in [3.63, 3.8) is 0 Å². The zero-order valence-corrected chi connectivity index (χ0v) is 12.1. The summed E-state index contributed by atoms with van der Waals surface area (Å²) in [7, 11) is 0. The van der Waals surface area contributed by atoms with E-state index in [9.17, 15) is 4.79 Å². The summed E-state index contributed by atoms with van der Waals surface area (Å²) in [6, 6.07) is 19.7. The molecule has 0 amide bonds. The third kappa shape index (κ3) is 2.65. The van der Waals surface area contributed by atoms with Gasteiger partial charge in [-0.1, -0.05) is 54.6 Å².